The van der Waals surface area contributed by atoms with Gasteiger partial charge in [0.2, 0.25) is 24.5 Å². The zero-order chi connectivity index (χ0) is 38.0. The molecule has 0 unspecified atom stereocenters. The fraction of sp³-hybridized carbons (Fsp3) is 0.273. The summed E-state index contributed by atoms with van der Waals surface area (Å²) >= 11 is 0. The van der Waals surface area contributed by atoms with Crippen LogP contribution in [0.1, 0.15) is 64.1 Å². The van der Waals surface area contributed by atoms with Crippen molar-refractivity contribution in [2.75, 3.05) is 10.6 Å². The van der Waals surface area contributed by atoms with E-state index >= 15 is 0 Å². The van der Waals surface area contributed by atoms with Crippen LogP contribution in [0, 0.1) is 10.8 Å². The molecule has 0 atom stereocenters. The molecule has 4 aromatic heterocycles. The Bertz CT molecular complexity index is 2310. The SMILES string of the molecule is CC(C)(C)C(=O)Nc1cccc(Cn2c[n+](Cc3cccc(C[n+]4cn(Cc5cccc(NC(=O)C(C)(C)C)n5)c5ccccc54)c3)c3ccccc32)n1. The highest BCUT2D eigenvalue weighted by atomic mass is 16.2. The number of amides is 2. The van der Waals surface area contributed by atoms with E-state index in [1.807, 2.05) is 77.9 Å². The summed E-state index contributed by atoms with van der Waals surface area (Å²) in [5, 5.41) is 5.91. The summed E-state index contributed by atoms with van der Waals surface area (Å²) in [5.41, 5.74) is 7.61. The monoisotopic (exact) mass is 720 g/mol. The maximum atomic E-state index is 12.6. The molecule has 3 aromatic carbocycles. The van der Waals surface area contributed by atoms with Crippen molar-refractivity contribution in [2.24, 2.45) is 10.8 Å². The average Bonchev–Trinajstić information content (AvgIpc) is 3.65. The second-order valence-corrected chi connectivity index (χ2v) is 16.0. The quantitative estimate of drug-likeness (QED) is 0.147. The van der Waals surface area contributed by atoms with Gasteiger partial charge < -0.3 is 10.6 Å². The lowest BCUT2D eigenvalue weighted by molar-refractivity contribution is -0.664. The summed E-state index contributed by atoms with van der Waals surface area (Å²) in [6, 6.07) is 37.1. The molecule has 0 aliphatic carbocycles. The first-order chi connectivity index (χ1) is 25.8. The van der Waals surface area contributed by atoms with Crippen molar-refractivity contribution in [2.45, 2.75) is 67.7 Å². The third-order valence-corrected chi connectivity index (χ3v) is 9.38. The molecule has 0 bridgehead atoms. The van der Waals surface area contributed by atoms with E-state index in [2.05, 4.69) is 114 Å². The van der Waals surface area contributed by atoms with Gasteiger partial charge in [-0.25, -0.2) is 28.2 Å². The number of aromatic nitrogens is 6. The number of hydrogen-bond donors (Lipinski definition) is 2. The molecule has 2 amide bonds. The number of fused-ring (bicyclic) bond motifs is 2. The Kier molecular flexibility index (Phi) is 9.85. The average molecular weight is 721 g/mol. The molecule has 4 heterocycles. The zero-order valence-corrected chi connectivity index (χ0v) is 31.9. The van der Waals surface area contributed by atoms with Gasteiger partial charge >= 0.3 is 0 Å². The summed E-state index contributed by atoms with van der Waals surface area (Å²) in [7, 11) is 0. The van der Waals surface area contributed by atoms with Gasteiger partial charge in [-0.15, -0.1) is 0 Å². The van der Waals surface area contributed by atoms with Crippen molar-refractivity contribution in [3.05, 3.63) is 144 Å². The summed E-state index contributed by atoms with van der Waals surface area (Å²) in [6.45, 7) is 13.9. The number of anilines is 2. The minimum atomic E-state index is -0.506. The highest BCUT2D eigenvalue weighted by Crippen LogP contribution is 2.20. The highest BCUT2D eigenvalue weighted by molar-refractivity contribution is 5.94. The molecule has 274 valence electrons. The standard InChI is InChI=1S/C44H46N8O2/c1-43(2,3)41(53)47-39-22-12-16-33(45-39)27-51-29-49(35-18-7-9-20-37(35)51)25-31-14-11-15-32(24-31)26-50-30-52(38-21-10-8-19-36(38)50)28-34-17-13-23-40(46-34)48-42(54)44(4,5)6/h7-24,29-30H,25-28H2,1-6H3/p+2. The molecular weight excluding hydrogens is 673 g/mol. The lowest BCUT2D eigenvalue weighted by atomic mass is 9.96. The van der Waals surface area contributed by atoms with E-state index in [9.17, 15) is 9.59 Å². The van der Waals surface area contributed by atoms with Crippen molar-refractivity contribution in [3.8, 4) is 0 Å². The predicted octanol–water partition coefficient (Wildman–Crippen LogP) is 7.12. The Balaban J connectivity index is 1.10. The fourth-order valence-electron chi connectivity index (χ4n) is 6.44. The molecule has 7 rings (SSSR count). The Morgan fingerprint density at radius 1 is 0.556 bits per heavy atom. The summed E-state index contributed by atoms with van der Waals surface area (Å²) in [6.07, 6.45) is 4.30. The van der Waals surface area contributed by atoms with Crippen LogP contribution in [0.4, 0.5) is 11.6 Å². The molecule has 0 aliphatic rings. The molecule has 0 saturated carbocycles. The summed E-state index contributed by atoms with van der Waals surface area (Å²) in [5.74, 6) is 0.986. The first-order valence-corrected chi connectivity index (χ1v) is 18.4. The molecule has 0 spiro atoms. The van der Waals surface area contributed by atoms with Crippen LogP contribution in [0.15, 0.2) is 122 Å². The maximum Gasteiger partial charge on any atom is 0.245 e. The molecule has 10 nitrogen and oxygen atoms in total. The van der Waals surface area contributed by atoms with E-state index in [-0.39, 0.29) is 11.8 Å². The van der Waals surface area contributed by atoms with Crippen molar-refractivity contribution >= 4 is 45.5 Å². The van der Waals surface area contributed by atoms with Crippen LogP contribution in [0.2, 0.25) is 0 Å². The molecule has 2 N–H and O–H groups in total. The molecule has 10 heteroatoms. The van der Waals surface area contributed by atoms with Gasteiger partial charge in [0, 0.05) is 10.8 Å². The Hall–Kier alpha value is -6.16. The van der Waals surface area contributed by atoms with Gasteiger partial charge in [0.15, 0.2) is 22.1 Å². The first-order valence-electron chi connectivity index (χ1n) is 18.4. The van der Waals surface area contributed by atoms with Gasteiger partial charge in [-0.2, -0.15) is 0 Å². The van der Waals surface area contributed by atoms with Crippen LogP contribution in [-0.4, -0.2) is 30.9 Å². The van der Waals surface area contributed by atoms with E-state index in [0.29, 0.717) is 37.8 Å². The number of hydrogen-bond acceptors (Lipinski definition) is 4. The summed E-state index contributed by atoms with van der Waals surface area (Å²) in [4.78, 5) is 34.7. The fourth-order valence-corrected chi connectivity index (χ4v) is 6.44. The van der Waals surface area contributed by atoms with E-state index in [1.54, 1.807) is 0 Å². The largest absolute Gasteiger partial charge is 0.310 e. The molecule has 0 fully saturated rings. The number of imidazole rings is 2. The van der Waals surface area contributed by atoms with Crippen LogP contribution in [0.25, 0.3) is 22.1 Å². The second kappa shape index (κ2) is 14.7. The van der Waals surface area contributed by atoms with Crippen LogP contribution >= 0.6 is 0 Å². The number of rotatable bonds is 10. The number of nitrogens with zero attached hydrogens (tertiary/aromatic N) is 6. The molecule has 0 saturated heterocycles. The van der Waals surface area contributed by atoms with Gasteiger partial charge in [-0.3, -0.25) is 9.59 Å². The molecular formula is C44H48N8O2+2. The van der Waals surface area contributed by atoms with Crippen LogP contribution in [0.5, 0.6) is 0 Å². The van der Waals surface area contributed by atoms with Crippen LogP contribution < -0.4 is 19.8 Å². The van der Waals surface area contributed by atoms with Crippen molar-refractivity contribution in [3.63, 3.8) is 0 Å². The van der Waals surface area contributed by atoms with E-state index in [4.69, 9.17) is 9.97 Å². The topological polar surface area (TPSA) is 102 Å². The molecule has 7 aromatic rings. The smallest absolute Gasteiger partial charge is 0.245 e. The predicted molar refractivity (Wildman–Crippen MR) is 212 cm³/mol. The Morgan fingerprint density at radius 3 is 1.39 bits per heavy atom. The molecule has 54 heavy (non-hydrogen) atoms. The van der Waals surface area contributed by atoms with E-state index in [1.165, 1.54) is 11.1 Å². The minimum absolute atomic E-state index is 0.0645. The Morgan fingerprint density at radius 2 is 0.963 bits per heavy atom. The van der Waals surface area contributed by atoms with Gasteiger partial charge in [0.1, 0.15) is 37.8 Å². The van der Waals surface area contributed by atoms with Crippen molar-refractivity contribution in [1.29, 1.82) is 0 Å². The number of carbonyl (C=O) groups is 2. The van der Waals surface area contributed by atoms with Crippen molar-refractivity contribution < 1.29 is 18.7 Å². The molecule has 0 aliphatic heterocycles. The number of benzene rings is 3. The first kappa shape index (κ1) is 36.2. The normalized spacial score (nSPS) is 12.0. The minimum Gasteiger partial charge on any atom is -0.310 e. The number of carbonyl (C=O) groups excluding carboxylic acids is 2. The number of nitrogens with one attached hydrogen (secondary N) is 2. The summed E-state index contributed by atoms with van der Waals surface area (Å²) < 4.78 is 8.99. The zero-order valence-electron chi connectivity index (χ0n) is 31.9. The van der Waals surface area contributed by atoms with Gasteiger partial charge in [0.05, 0.1) is 11.4 Å². The second-order valence-electron chi connectivity index (χ2n) is 16.0. The van der Waals surface area contributed by atoms with Gasteiger partial charge in [0.25, 0.3) is 0 Å². The molecule has 0 radical (unpaired) electrons. The maximum absolute atomic E-state index is 12.6. The van der Waals surface area contributed by atoms with Crippen LogP contribution in [0.3, 0.4) is 0 Å². The lowest BCUT2D eigenvalue weighted by Crippen LogP contribution is -2.34. The number of para-hydroxylation sites is 4. The third-order valence-electron chi connectivity index (χ3n) is 9.38. The lowest BCUT2D eigenvalue weighted by Gasteiger charge is -2.17. The van der Waals surface area contributed by atoms with Crippen molar-refractivity contribution in [1.82, 2.24) is 19.1 Å². The number of pyridine rings is 2. The van der Waals surface area contributed by atoms with Crippen LogP contribution in [-0.2, 0) is 35.8 Å². The van der Waals surface area contributed by atoms with Gasteiger partial charge in [-0.05, 0) is 65.7 Å². The Labute approximate surface area is 316 Å². The third kappa shape index (κ3) is 8.23. The highest BCUT2D eigenvalue weighted by Gasteiger charge is 2.24. The van der Waals surface area contributed by atoms with E-state index in [0.717, 1.165) is 33.5 Å². The van der Waals surface area contributed by atoms with Gasteiger partial charge in [-0.1, -0.05) is 96.1 Å². The van der Waals surface area contributed by atoms with E-state index < -0.39 is 10.8 Å².